The van der Waals surface area contributed by atoms with E-state index < -0.39 is 10.7 Å². The van der Waals surface area contributed by atoms with E-state index in [0.29, 0.717) is 11.8 Å². The van der Waals surface area contributed by atoms with Crippen LogP contribution in [-0.2, 0) is 4.79 Å². The molecule has 0 aromatic carbocycles. The van der Waals surface area contributed by atoms with Gasteiger partial charge >= 0.3 is 5.97 Å². The van der Waals surface area contributed by atoms with Gasteiger partial charge in [0.15, 0.2) is 0 Å². The number of carbonyl (C=O) groups is 1. The summed E-state index contributed by atoms with van der Waals surface area (Å²) in [4.78, 5) is 10.9. The van der Waals surface area contributed by atoms with Crippen LogP contribution in [0.25, 0.3) is 0 Å². The fourth-order valence-electron chi connectivity index (χ4n) is 1.69. The zero-order chi connectivity index (χ0) is 9.35. The number of hydrogen-bond acceptors (Lipinski definition) is 2. The van der Waals surface area contributed by atoms with Gasteiger partial charge in [-0.2, -0.15) is 0 Å². The monoisotopic (exact) mass is 188 g/mol. The van der Waals surface area contributed by atoms with Crippen LogP contribution in [-0.4, -0.2) is 22.1 Å². The molecule has 1 aliphatic rings. The lowest BCUT2D eigenvalue weighted by molar-refractivity contribution is -0.144. The Kier molecular flexibility index (Phi) is 2.71. The van der Waals surface area contributed by atoms with Crippen molar-refractivity contribution in [2.45, 2.75) is 31.4 Å². The van der Waals surface area contributed by atoms with E-state index in [1.165, 1.54) is 11.8 Å². The van der Waals surface area contributed by atoms with Crippen LogP contribution in [0.3, 0.4) is 0 Å². The maximum Gasteiger partial charge on any atom is 0.319 e. The SMILES string of the molecule is CSC1(C(=O)O)CC(C(C)C)C1. The van der Waals surface area contributed by atoms with Crippen LogP contribution in [0.1, 0.15) is 26.7 Å². The second-order valence-corrected chi connectivity index (χ2v) is 5.11. The normalized spacial score (nSPS) is 34.8. The highest BCUT2D eigenvalue weighted by Crippen LogP contribution is 2.49. The molecule has 1 aliphatic carbocycles. The molecule has 0 atom stereocenters. The number of carboxylic acids is 1. The maximum absolute atomic E-state index is 10.9. The van der Waals surface area contributed by atoms with Gasteiger partial charge < -0.3 is 5.11 Å². The van der Waals surface area contributed by atoms with E-state index in [0.717, 1.165) is 12.8 Å². The van der Waals surface area contributed by atoms with E-state index >= 15 is 0 Å². The third-order valence-electron chi connectivity index (χ3n) is 2.91. The first-order valence-electron chi connectivity index (χ1n) is 4.30. The molecule has 70 valence electrons. The Morgan fingerprint density at radius 1 is 1.58 bits per heavy atom. The highest BCUT2D eigenvalue weighted by Gasteiger charge is 2.50. The first kappa shape index (κ1) is 9.90. The summed E-state index contributed by atoms with van der Waals surface area (Å²) in [5.74, 6) is 0.616. The van der Waals surface area contributed by atoms with Gasteiger partial charge in [-0.05, 0) is 30.9 Å². The lowest BCUT2D eigenvalue weighted by Gasteiger charge is -2.45. The number of aliphatic carboxylic acids is 1. The molecule has 0 aromatic rings. The molecule has 0 aromatic heterocycles. The van der Waals surface area contributed by atoms with Gasteiger partial charge in [-0.15, -0.1) is 11.8 Å². The molecule has 0 spiro atoms. The van der Waals surface area contributed by atoms with Crippen molar-refractivity contribution in [3.05, 3.63) is 0 Å². The van der Waals surface area contributed by atoms with Crippen LogP contribution < -0.4 is 0 Å². The second kappa shape index (κ2) is 3.29. The second-order valence-electron chi connectivity index (χ2n) is 3.92. The first-order chi connectivity index (χ1) is 5.52. The summed E-state index contributed by atoms with van der Waals surface area (Å²) >= 11 is 1.49. The van der Waals surface area contributed by atoms with Gasteiger partial charge in [0.2, 0.25) is 0 Å². The molecule has 0 bridgehead atoms. The number of hydrogen-bond donors (Lipinski definition) is 1. The fourth-order valence-corrected chi connectivity index (χ4v) is 2.62. The van der Waals surface area contributed by atoms with Crippen molar-refractivity contribution in [1.29, 1.82) is 0 Å². The van der Waals surface area contributed by atoms with Crippen LogP contribution >= 0.6 is 11.8 Å². The standard InChI is InChI=1S/C9H16O2S/c1-6(2)7-4-9(5-7,12-3)8(10)11/h6-7H,4-5H2,1-3H3,(H,10,11). The van der Waals surface area contributed by atoms with E-state index in [1.807, 2.05) is 6.26 Å². The maximum atomic E-state index is 10.9. The van der Waals surface area contributed by atoms with Crippen LogP contribution in [0.5, 0.6) is 0 Å². The quantitative estimate of drug-likeness (QED) is 0.738. The Hall–Kier alpha value is -0.180. The third kappa shape index (κ3) is 1.47. The van der Waals surface area contributed by atoms with Gasteiger partial charge in [-0.25, -0.2) is 0 Å². The zero-order valence-electron chi connectivity index (χ0n) is 7.83. The van der Waals surface area contributed by atoms with Crippen LogP contribution in [0.4, 0.5) is 0 Å². The highest BCUT2D eigenvalue weighted by atomic mass is 32.2. The number of carboxylic acid groups (broad SMARTS) is 1. The summed E-state index contributed by atoms with van der Waals surface area (Å²) < 4.78 is -0.449. The van der Waals surface area contributed by atoms with Crippen LogP contribution in [0.2, 0.25) is 0 Å². The number of thioether (sulfide) groups is 1. The van der Waals surface area contributed by atoms with Crippen LogP contribution in [0, 0.1) is 11.8 Å². The van der Waals surface area contributed by atoms with Gasteiger partial charge in [0.05, 0.1) is 0 Å². The molecule has 1 N–H and O–H groups in total. The van der Waals surface area contributed by atoms with Crippen molar-refractivity contribution in [1.82, 2.24) is 0 Å². The molecular weight excluding hydrogens is 172 g/mol. The molecule has 0 heterocycles. The van der Waals surface area contributed by atoms with E-state index in [4.69, 9.17) is 5.11 Å². The van der Waals surface area contributed by atoms with Crippen molar-refractivity contribution in [3.63, 3.8) is 0 Å². The molecule has 0 saturated heterocycles. The molecule has 1 saturated carbocycles. The van der Waals surface area contributed by atoms with Crippen molar-refractivity contribution >= 4 is 17.7 Å². The highest BCUT2D eigenvalue weighted by molar-refractivity contribution is 8.00. The molecule has 0 aliphatic heterocycles. The van der Waals surface area contributed by atoms with E-state index in [9.17, 15) is 4.79 Å². The summed E-state index contributed by atoms with van der Waals surface area (Å²) in [6.45, 7) is 4.33. The minimum absolute atomic E-state index is 0.449. The van der Waals surface area contributed by atoms with E-state index in [1.54, 1.807) is 0 Å². The number of rotatable bonds is 3. The summed E-state index contributed by atoms with van der Waals surface area (Å²) in [6.07, 6.45) is 3.59. The van der Waals surface area contributed by atoms with Gasteiger partial charge in [0.25, 0.3) is 0 Å². The third-order valence-corrected chi connectivity index (χ3v) is 4.20. The molecule has 1 rings (SSSR count). The molecule has 2 nitrogen and oxygen atoms in total. The topological polar surface area (TPSA) is 37.3 Å². The zero-order valence-corrected chi connectivity index (χ0v) is 8.65. The Balaban J connectivity index is 2.52. The van der Waals surface area contributed by atoms with Crippen molar-refractivity contribution in [2.75, 3.05) is 6.26 Å². The summed E-state index contributed by atoms with van der Waals surface area (Å²) in [5, 5.41) is 8.96. The van der Waals surface area contributed by atoms with E-state index in [-0.39, 0.29) is 0 Å². The minimum atomic E-state index is -0.632. The Bertz CT molecular complexity index is 183. The lowest BCUT2D eigenvalue weighted by Crippen LogP contribution is -2.49. The summed E-state index contributed by atoms with van der Waals surface area (Å²) in [5.41, 5.74) is 0. The average molecular weight is 188 g/mol. The summed E-state index contributed by atoms with van der Waals surface area (Å²) in [6, 6.07) is 0. The molecular formula is C9H16O2S. The predicted octanol–water partition coefficient (Wildman–Crippen LogP) is 2.24. The molecule has 12 heavy (non-hydrogen) atoms. The van der Waals surface area contributed by atoms with Gasteiger partial charge in [0, 0.05) is 0 Å². The minimum Gasteiger partial charge on any atom is -0.480 e. The van der Waals surface area contributed by atoms with Gasteiger partial charge in [-0.1, -0.05) is 13.8 Å². The Labute approximate surface area is 77.7 Å². The molecule has 0 unspecified atom stereocenters. The largest absolute Gasteiger partial charge is 0.480 e. The predicted molar refractivity (Wildman–Crippen MR) is 51.4 cm³/mol. The van der Waals surface area contributed by atoms with E-state index in [2.05, 4.69) is 13.8 Å². The fraction of sp³-hybridized carbons (Fsp3) is 0.889. The molecule has 0 radical (unpaired) electrons. The van der Waals surface area contributed by atoms with Crippen molar-refractivity contribution < 1.29 is 9.90 Å². The van der Waals surface area contributed by atoms with Crippen LogP contribution in [0.15, 0.2) is 0 Å². The van der Waals surface area contributed by atoms with Gasteiger partial charge in [-0.3, -0.25) is 4.79 Å². The molecule has 1 fully saturated rings. The smallest absolute Gasteiger partial charge is 0.319 e. The molecule has 0 amide bonds. The first-order valence-corrected chi connectivity index (χ1v) is 5.53. The van der Waals surface area contributed by atoms with Gasteiger partial charge in [0.1, 0.15) is 4.75 Å². The lowest BCUT2D eigenvalue weighted by atomic mass is 9.69. The Morgan fingerprint density at radius 2 is 2.08 bits per heavy atom. The van der Waals surface area contributed by atoms with Crippen molar-refractivity contribution in [2.24, 2.45) is 11.8 Å². The van der Waals surface area contributed by atoms with Crippen molar-refractivity contribution in [3.8, 4) is 0 Å². The summed E-state index contributed by atoms with van der Waals surface area (Å²) in [7, 11) is 0. The average Bonchev–Trinajstić information content (AvgIpc) is 1.84. The molecule has 3 heteroatoms. The Morgan fingerprint density at radius 3 is 2.33 bits per heavy atom.